The molecule has 1 aromatic heterocycles. The molecule has 2 aromatic carbocycles. The van der Waals surface area contributed by atoms with Crippen LogP contribution in [-0.2, 0) is 11.3 Å². The highest BCUT2D eigenvalue weighted by molar-refractivity contribution is 5.93. The van der Waals surface area contributed by atoms with Gasteiger partial charge in [0, 0.05) is 17.8 Å². The number of carbonyl (C=O) groups is 1. The lowest BCUT2D eigenvalue weighted by atomic mass is 10.1. The minimum atomic E-state index is -0.793. The number of nitriles is 1. The van der Waals surface area contributed by atoms with Crippen molar-refractivity contribution in [3.05, 3.63) is 70.0 Å². The Labute approximate surface area is 166 Å². The summed E-state index contributed by atoms with van der Waals surface area (Å²) in [6.07, 6.45) is 0.146. The van der Waals surface area contributed by atoms with Gasteiger partial charge in [-0.2, -0.15) is 9.94 Å². The number of halogens is 1. The summed E-state index contributed by atoms with van der Waals surface area (Å²) in [5, 5.41) is 13.0. The van der Waals surface area contributed by atoms with E-state index in [9.17, 15) is 14.0 Å². The summed E-state index contributed by atoms with van der Waals surface area (Å²) in [5.41, 5.74) is 3.03. The molecule has 0 unspecified atom stereocenters. The molecule has 0 saturated carbocycles. The Morgan fingerprint density at radius 2 is 1.86 bits per heavy atom. The first kappa shape index (κ1) is 20.0. The van der Waals surface area contributed by atoms with Gasteiger partial charge in [0.2, 0.25) is 11.8 Å². The summed E-state index contributed by atoms with van der Waals surface area (Å²) in [5.74, 6) is -1.62. The summed E-state index contributed by atoms with van der Waals surface area (Å²) >= 11 is 0. The molecule has 8 heteroatoms. The van der Waals surface area contributed by atoms with Crippen LogP contribution in [0.1, 0.15) is 17.5 Å². The first-order valence-corrected chi connectivity index (χ1v) is 8.97. The van der Waals surface area contributed by atoms with Crippen molar-refractivity contribution < 1.29 is 13.6 Å². The third-order valence-electron chi connectivity index (χ3n) is 4.25. The summed E-state index contributed by atoms with van der Waals surface area (Å²) in [6, 6.07) is 13.0. The third-order valence-corrected chi connectivity index (χ3v) is 4.25. The number of anilines is 1. The van der Waals surface area contributed by atoms with E-state index in [-0.39, 0.29) is 25.4 Å². The number of rotatable bonds is 6. The smallest absolute Gasteiger partial charge is 0.388 e. The predicted octanol–water partition coefficient (Wildman–Crippen LogP) is 3.21. The monoisotopic (exact) mass is 394 g/mol. The van der Waals surface area contributed by atoms with E-state index < -0.39 is 17.5 Å². The van der Waals surface area contributed by atoms with E-state index in [1.807, 2.05) is 38.1 Å². The zero-order valence-corrected chi connectivity index (χ0v) is 16.1. The molecule has 0 spiro atoms. The van der Waals surface area contributed by atoms with Crippen molar-refractivity contribution in [1.82, 2.24) is 9.78 Å². The van der Waals surface area contributed by atoms with Gasteiger partial charge < -0.3 is 9.32 Å². The largest absolute Gasteiger partial charge is 0.437 e. The lowest BCUT2D eigenvalue weighted by Gasteiger charge is -2.22. The average Bonchev–Trinajstić information content (AvgIpc) is 3.02. The van der Waals surface area contributed by atoms with E-state index in [0.717, 1.165) is 15.8 Å². The molecule has 148 valence electrons. The third kappa shape index (κ3) is 4.76. The van der Waals surface area contributed by atoms with Crippen LogP contribution in [0.4, 0.5) is 10.1 Å². The Kier molecular flexibility index (Phi) is 5.88. The number of carbonyl (C=O) groups excluding carboxylic acids is 1. The SMILES string of the molecule is Cc1cc(C)cc(N(CCC#N)C(=O)Cn2nc(-c3ccc(F)cc3)oc2=O)c1. The summed E-state index contributed by atoms with van der Waals surface area (Å²) in [4.78, 5) is 26.5. The highest BCUT2D eigenvalue weighted by Crippen LogP contribution is 2.20. The molecular formula is C21H19FN4O3. The summed E-state index contributed by atoms with van der Waals surface area (Å²) in [6.45, 7) is 3.68. The van der Waals surface area contributed by atoms with Crippen LogP contribution in [0, 0.1) is 31.0 Å². The number of hydrogen-bond acceptors (Lipinski definition) is 5. The van der Waals surface area contributed by atoms with E-state index >= 15 is 0 Å². The van der Waals surface area contributed by atoms with Gasteiger partial charge in [-0.1, -0.05) is 6.07 Å². The molecule has 0 N–H and O–H groups in total. The molecule has 0 fully saturated rings. The molecule has 0 bridgehead atoms. The van der Waals surface area contributed by atoms with E-state index in [1.54, 1.807) is 0 Å². The maximum Gasteiger partial charge on any atom is 0.437 e. The van der Waals surface area contributed by atoms with Gasteiger partial charge in [0.25, 0.3) is 0 Å². The molecule has 1 amide bonds. The Morgan fingerprint density at radius 1 is 1.21 bits per heavy atom. The van der Waals surface area contributed by atoms with E-state index in [2.05, 4.69) is 5.10 Å². The molecule has 3 rings (SSSR count). The van der Waals surface area contributed by atoms with Gasteiger partial charge in [0.05, 0.1) is 12.5 Å². The van der Waals surface area contributed by atoms with Crippen molar-refractivity contribution in [2.75, 3.05) is 11.4 Å². The highest BCUT2D eigenvalue weighted by atomic mass is 19.1. The standard InChI is InChI=1S/C21H19FN4O3/c1-14-10-15(2)12-18(11-14)25(9-3-8-23)19(27)13-26-21(28)29-20(24-26)16-4-6-17(22)7-5-16/h4-7,10-12H,3,9,13H2,1-2H3. The normalized spacial score (nSPS) is 10.6. The average molecular weight is 394 g/mol. The van der Waals surface area contributed by atoms with Gasteiger partial charge in [0.15, 0.2) is 0 Å². The number of benzene rings is 2. The van der Waals surface area contributed by atoms with E-state index in [1.165, 1.54) is 29.2 Å². The van der Waals surface area contributed by atoms with Crippen LogP contribution in [0.3, 0.4) is 0 Å². The van der Waals surface area contributed by atoms with Crippen LogP contribution >= 0.6 is 0 Å². The van der Waals surface area contributed by atoms with Crippen molar-refractivity contribution in [2.24, 2.45) is 0 Å². The molecule has 0 aliphatic rings. The van der Waals surface area contributed by atoms with Crippen molar-refractivity contribution in [1.29, 1.82) is 5.26 Å². The maximum atomic E-state index is 13.1. The first-order chi connectivity index (χ1) is 13.9. The highest BCUT2D eigenvalue weighted by Gasteiger charge is 2.20. The number of hydrogen-bond donors (Lipinski definition) is 0. The van der Waals surface area contributed by atoms with Crippen molar-refractivity contribution in [3.63, 3.8) is 0 Å². The van der Waals surface area contributed by atoms with Crippen molar-refractivity contribution >= 4 is 11.6 Å². The predicted molar refractivity (Wildman–Crippen MR) is 105 cm³/mol. The Bertz CT molecular complexity index is 1110. The minimum absolute atomic E-state index is 0.00206. The lowest BCUT2D eigenvalue weighted by molar-refractivity contribution is -0.119. The molecule has 0 atom stereocenters. The molecular weight excluding hydrogens is 375 g/mol. The van der Waals surface area contributed by atoms with Crippen molar-refractivity contribution in [3.8, 4) is 17.5 Å². The molecule has 29 heavy (non-hydrogen) atoms. The number of nitrogens with zero attached hydrogens (tertiary/aromatic N) is 4. The van der Waals surface area contributed by atoms with E-state index in [0.29, 0.717) is 11.3 Å². The van der Waals surface area contributed by atoms with Crippen LogP contribution in [0.25, 0.3) is 11.5 Å². The molecule has 0 radical (unpaired) electrons. The Balaban J connectivity index is 1.87. The summed E-state index contributed by atoms with van der Waals surface area (Å²) < 4.78 is 19.1. The Hall–Kier alpha value is -3.73. The number of amides is 1. The quantitative estimate of drug-likeness (QED) is 0.640. The lowest BCUT2D eigenvalue weighted by Crippen LogP contribution is -2.37. The second-order valence-corrected chi connectivity index (χ2v) is 6.64. The molecule has 0 aliphatic carbocycles. The van der Waals surface area contributed by atoms with Crippen LogP contribution in [0.15, 0.2) is 51.7 Å². The second-order valence-electron chi connectivity index (χ2n) is 6.64. The second kappa shape index (κ2) is 8.52. The van der Waals surface area contributed by atoms with Crippen LogP contribution in [0.2, 0.25) is 0 Å². The van der Waals surface area contributed by atoms with Gasteiger partial charge in [-0.3, -0.25) is 4.79 Å². The maximum absolute atomic E-state index is 13.1. The van der Waals surface area contributed by atoms with Gasteiger partial charge in [0.1, 0.15) is 12.4 Å². The minimum Gasteiger partial charge on any atom is -0.388 e. The Morgan fingerprint density at radius 3 is 2.48 bits per heavy atom. The number of aromatic nitrogens is 2. The fraction of sp³-hybridized carbons (Fsp3) is 0.238. The van der Waals surface area contributed by atoms with Crippen LogP contribution in [-0.4, -0.2) is 22.2 Å². The fourth-order valence-corrected chi connectivity index (χ4v) is 2.99. The fourth-order valence-electron chi connectivity index (χ4n) is 2.99. The van der Waals surface area contributed by atoms with Crippen molar-refractivity contribution in [2.45, 2.75) is 26.8 Å². The molecule has 7 nitrogen and oxygen atoms in total. The molecule has 3 aromatic rings. The van der Waals surface area contributed by atoms with Gasteiger partial charge in [-0.25, -0.2) is 9.18 Å². The van der Waals surface area contributed by atoms with Gasteiger partial charge in [-0.15, -0.1) is 5.10 Å². The zero-order chi connectivity index (χ0) is 21.0. The molecule has 1 heterocycles. The van der Waals surface area contributed by atoms with Gasteiger partial charge in [-0.05, 0) is 61.4 Å². The van der Waals surface area contributed by atoms with Crippen LogP contribution in [0.5, 0.6) is 0 Å². The first-order valence-electron chi connectivity index (χ1n) is 8.97. The molecule has 0 saturated heterocycles. The van der Waals surface area contributed by atoms with Crippen LogP contribution < -0.4 is 10.7 Å². The topological polar surface area (TPSA) is 92.1 Å². The van der Waals surface area contributed by atoms with Gasteiger partial charge >= 0.3 is 5.76 Å². The molecule has 0 aliphatic heterocycles. The number of aryl methyl sites for hydroxylation is 2. The zero-order valence-electron chi connectivity index (χ0n) is 16.1. The van der Waals surface area contributed by atoms with E-state index in [4.69, 9.17) is 9.68 Å². The summed E-state index contributed by atoms with van der Waals surface area (Å²) in [7, 11) is 0.